The van der Waals surface area contributed by atoms with Gasteiger partial charge in [-0.15, -0.1) is 24.0 Å². The van der Waals surface area contributed by atoms with Crippen LogP contribution in [0.4, 0.5) is 0 Å². The highest BCUT2D eigenvalue weighted by atomic mass is 127. The Morgan fingerprint density at radius 2 is 1.68 bits per heavy atom. The molecule has 0 radical (unpaired) electrons. The van der Waals surface area contributed by atoms with E-state index < -0.39 is 10.8 Å². The molecule has 2 aromatic rings. The standard InChI is InChI=1S/C19H25N3OS.HI/c1-16(18-11-7-4-8-12-18)22-19(20-2)21-13-14-24(23)15-17-9-5-3-6-10-17;/h3-12,16H,13-15H2,1-2H3,(H2,20,21,22);1H. The first kappa shape index (κ1) is 21.6. The number of nitrogens with zero attached hydrogens (tertiary/aromatic N) is 1. The van der Waals surface area contributed by atoms with E-state index in [2.05, 4.69) is 34.7 Å². The van der Waals surface area contributed by atoms with Gasteiger partial charge >= 0.3 is 0 Å². The van der Waals surface area contributed by atoms with Crippen molar-refractivity contribution in [1.82, 2.24) is 10.6 Å². The SMILES string of the molecule is CN=C(NCCS(=O)Cc1ccccc1)NC(C)c1ccccc1.I. The first-order valence-corrected chi connectivity index (χ1v) is 9.59. The molecule has 2 rings (SSSR count). The van der Waals surface area contributed by atoms with Gasteiger partial charge in [-0.3, -0.25) is 9.20 Å². The average molecular weight is 471 g/mol. The van der Waals surface area contributed by atoms with E-state index >= 15 is 0 Å². The maximum absolute atomic E-state index is 12.1. The molecular weight excluding hydrogens is 445 g/mol. The minimum atomic E-state index is -0.883. The summed E-state index contributed by atoms with van der Waals surface area (Å²) in [6.07, 6.45) is 0. The molecule has 2 aromatic carbocycles. The van der Waals surface area contributed by atoms with Crippen molar-refractivity contribution in [3.05, 3.63) is 71.8 Å². The van der Waals surface area contributed by atoms with Crippen LogP contribution in [-0.4, -0.2) is 29.5 Å². The van der Waals surface area contributed by atoms with Crippen LogP contribution >= 0.6 is 24.0 Å². The van der Waals surface area contributed by atoms with Crippen LogP contribution in [0.15, 0.2) is 65.7 Å². The van der Waals surface area contributed by atoms with Crippen LogP contribution in [0, 0.1) is 0 Å². The number of hydrogen-bond acceptors (Lipinski definition) is 2. The third-order valence-electron chi connectivity index (χ3n) is 3.67. The monoisotopic (exact) mass is 471 g/mol. The lowest BCUT2D eigenvalue weighted by molar-refractivity contribution is 0.676. The van der Waals surface area contributed by atoms with Gasteiger partial charge in [0.05, 0.1) is 6.04 Å². The van der Waals surface area contributed by atoms with Crippen molar-refractivity contribution in [2.24, 2.45) is 4.99 Å². The molecule has 0 aliphatic heterocycles. The van der Waals surface area contributed by atoms with Crippen LogP contribution in [0.3, 0.4) is 0 Å². The van der Waals surface area contributed by atoms with Gasteiger partial charge in [0, 0.05) is 35.9 Å². The van der Waals surface area contributed by atoms with Gasteiger partial charge < -0.3 is 10.6 Å². The Bertz CT molecular complexity index is 665. The van der Waals surface area contributed by atoms with Crippen LogP contribution in [0.1, 0.15) is 24.1 Å². The van der Waals surface area contributed by atoms with Gasteiger partial charge in [-0.25, -0.2) is 0 Å². The molecule has 25 heavy (non-hydrogen) atoms. The highest BCUT2D eigenvalue weighted by molar-refractivity contribution is 14.0. The Balaban J connectivity index is 0.00000312. The summed E-state index contributed by atoms with van der Waals surface area (Å²) in [4.78, 5) is 4.23. The maximum Gasteiger partial charge on any atom is 0.191 e. The average Bonchev–Trinajstić information content (AvgIpc) is 2.62. The molecule has 6 heteroatoms. The molecule has 0 aromatic heterocycles. The smallest absolute Gasteiger partial charge is 0.191 e. The van der Waals surface area contributed by atoms with Crippen molar-refractivity contribution < 1.29 is 4.21 Å². The minimum absolute atomic E-state index is 0. The summed E-state index contributed by atoms with van der Waals surface area (Å²) in [5, 5.41) is 6.58. The number of nitrogens with one attached hydrogen (secondary N) is 2. The first-order valence-electron chi connectivity index (χ1n) is 8.10. The molecule has 0 bridgehead atoms. The van der Waals surface area contributed by atoms with Gasteiger partial charge in [0.25, 0.3) is 0 Å². The molecule has 2 unspecified atom stereocenters. The van der Waals surface area contributed by atoms with E-state index in [0.717, 1.165) is 11.5 Å². The number of halogens is 1. The molecule has 0 aliphatic rings. The fourth-order valence-electron chi connectivity index (χ4n) is 2.34. The highest BCUT2D eigenvalue weighted by Crippen LogP contribution is 2.10. The third kappa shape index (κ3) is 8.00. The molecule has 4 nitrogen and oxygen atoms in total. The lowest BCUT2D eigenvalue weighted by Crippen LogP contribution is -2.40. The molecule has 0 amide bonds. The van der Waals surface area contributed by atoms with E-state index in [9.17, 15) is 4.21 Å². The largest absolute Gasteiger partial charge is 0.355 e. The van der Waals surface area contributed by atoms with E-state index in [0.29, 0.717) is 18.1 Å². The Morgan fingerprint density at radius 3 is 2.28 bits per heavy atom. The summed E-state index contributed by atoms with van der Waals surface area (Å²) in [6, 6.07) is 20.3. The zero-order chi connectivity index (χ0) is 17.2. The van der Waals surface area contributed by atoms with Gasteiger partial charge in [-0.05, 0) is 18.1 Å². The molecule has 0 heterocycles. The molecule has 2 N–H and O–H groups in total. The molecule has 0 spiro atoms. The predicted molar refractivity (Wildman–Crippen MR) is 118 cm³/mol. The normalized spacial score (nSPS) is 13.4. The van der Waals surface area contributed by atoms with Gasteiger partial charge in [-0.1, -0.05) is 60.7 Å². The molecule has 0 saturated carbocycles. The maximum atomic E-state index is 12.1. The van der Waals surface area contributed by atoms with Crippen molar-refractivity contribution in [3.8, 4) is 0 Å². The van der Waals surface area contributed by atoms with Crippen LogP contribution < -0.4 is 10.6 Å². The van der Waals surface area contributed by atoms with Crippen molar-refractivity contribution in [2.75, 3.05) is 19.3 Å². The zero-order valence-corrected chi connectivity index (χ0v) is 17.8. The third-order valence-corrected chi connectivity index (χ3v) is 4.98. The first-order chi connectivity index (χ1) is 11.7. The number of rotatable bonds is 7. The lowest BCUT2D eigenvalue weighted by Gasteiger charge is -2.18. The second-order valence-corrected chi connectivity index (χ2v) is 7.13. The van der Waals surface area contributed by atoms with E-state index in [1.165, 1.54) is 5.56 Å². The quantitative estimate of drug-likeness (QED) is 0.370. The van der Waals surface area contributed by atoms with Crippen LogP contribution in [0.25, 0.3) is 0 Å². The summed E-state index contributed by atoms with van der Waals surface area (Å²) >= 11 is 0. The number of aliphatic imine (C=N–C) groups is 1. The Kier molecular flexibility index (Phi) is 10.4. The lowest BCUT2D eigenvalue weighted by atomic mass is 10.1. The summed E-state index contributed by atoms with van der Waals surface area (Å²) in [5.41, 5.74) is 2.31. The topological polar surface area (TPSA) is 53.5 Å². The molecule has 136 valence electrons. The van der Waals surface area contributed by atoms with E-state index in [1.807, 2.05) is 48.5 Å². The summed E-state index contributed by atoms with van der Waals surface area (Å²) in [7, 11) is 0.861. The van der Waals surface area contributed by atoms with Crippen molar-refractivity contribution in [3.63, 3.8) is 0 Å². The molecule has 0 fully saturated rings. The fourth-order valence-corrected chi connectivity index (χ4v) is 3.38. The van der Waals surface area contributed by atoms with Crippen LogP contribution in [0.2, 0.25) is 0 Å². The predicted octanol–water partition coefficient (Wildman–Crippen LogP) is 3.48. The summed E-state index contributed by atoms with van der Waals surface area (Å²) in [5.74, 6) is 1.91. The summed E-state index contributed by atoms with van der Waals surface area (Å²) in [6.45, 7) is 2.72. The van der Waals surface area contributed by atoms with E-state index in [1.54, 1.807) is 7.05 Å². The molecule has 0 aliphatic carbocycles. The Labute approximate surface area is 170 Å². The molecule has 2 atom stereocenters. The molecule has 0 saturated heterocycles. The van der Waals surface area contributed by atoms with Gasteiger partial charge in [0.1, 0.15) is 0 Å². The number of guanidine groups is 1. The Hall–Kier alpha value is -1.41. The minimum Gasteiger partial charge on any atom is -0.355 e. The Morgan fingerprint density at radius 1 is 1.08 bits per heavy atom. The molecular formula is C19H26IN3OS. The van der Waals surface area contributed by atoms with Crippen molar-refractivity contribution in [2.45, 2.75) is 18.7 Å². The second kappa shape index (κ2) is 12.0. The fraction of sp³-hybridized carbons (Fsp3) is 0.316. The van der Waals surface area contributed by atoms with Gasteiger partial charge in [0.15, 0.2) is 5.96 Å². The highest BCUT2D eigenvalue weighted by Gasteiger charge is 2.07. The van der Waals surface area contributed by atoms with Crippen LogP contribution in [-0.2, 0) is 16.6 Å². The second-order valence-electron chi connectivity index (χ2n) is 5.55. The van der Waals surface area contributed by atoms with E-state index in [4.69, 9.17) is 0 Å². The van der Waals surface area contributed by atoms with E-state index in [-0.39, 0.29) is 30.0 Å². The van der Waals surface area contributed by atoms with Gasteiger partial charge in [0.2, 0.25) is 0 Å². The van der Waals surface area contributed by atoms with Gasteiger partial charge in [-0.2, -0.15) is 0 Å². The van der Waals surface area contributed by atoms with Crippen molar-refractivity contribution in [1.29, 1.82) is 0 Å². The zero-order valence-electron chi connectivity index (χ0n) is 14.6. The number of benzene rings is 2. The number of hydrogen-bond donors (Lipinski definition) is 2. The summed E-state index contributed by atoms with van der Waals surface area (Å²) < 4.78 is 12.1. The van der Waals surface area contributed by atoms with Crippen LogP contribution in [0.5, 0.6) is 0 Å². The van der Waals surface area contributed by atoms with Crippen molar-refractivity contribution >= 4 is 40.7 Å².